The number of hydrogen-bond donors (Lipinski definition) is 1. The molecule has 0 heterocycles. The molecular weight excluding hydrogens is 289 g/mol. The minimum absolute atomic E-state index is 0.546. The van der Waals surface area contributed by atoms with Gasteiger partial charge in [0.1, 0.15) is 0 Å². The zero-order valence-corrected chi connectivity index (χ0v) is 12.1. The molecule has 0 aliphatic carbocycles. The largest absolute Gasteiger partial charge is 0.316 e. The van der Waals surface area contributed by atoms with Crippen LogP contribution in [0.3, 0.4) is 0 Å². The van der Waals surface area contributed by atoms with Gasteiger partial charge in [0, 0.05) is 17.1 Å². The van der Waals surface area contributed by atoms with E-state index in [1.54, 1.807) is 6.07 Å². The van der Waals surface area contributed by atoms with E-state index < -0.39 is 0 Å². The molecule has 0 atom stereocenters. The first-order valence-corrected chi connectivity index (χ1v) is 6.64. The molecule has 4 heteroatoms. The smallest absolute Gasteiger partial charge is 0.0670 e. The van der Waals surface area contributed by atoms with Crippen LogP contribution < -0.4 is 5.32 Å². The first-order chi connectivity index (χ1) is 8.63. The lowest BCUT2D eigenvalue weighted by molar-refractivity contribution is 0.818. The van der Waals surface area contributed by atoms with E-state index in [1.165, 1.54) is 0 Å². The third-order valence-electron chi connectivity index (χ3n) is 2.68. The second-order valence-corrected chi connectivity index (χ2v) is 5.13. The van der Waals surface area contributed by atoms with Gasteiger partial charge >= 0.3 is 0 Å². The zero-order chi connectivity index (χ0) is 13.1. The minimum atomic E-state index is 0.546. The monoisotopic (exact) mass is 299 g/mol. The van der Waals surface area contributed by atoms with Gasteiger partial charge in [-0.05, 0) is 30.3 Å². The van der Waals surface area contributed by atoms with Crippen LogP contribution in [0.25, 0.3) is 11.1 Å². The Morgan fingerprint density at radius 2 is 1.78 bits per heavy atom. The summed E-state index contributed by atoms with van der Waals surface area (Å²) < 4.78 is 0. The van der Waals surface area contributed by atoms with Crippen molar-refractivity contribution in [3.05, 3.63) is 57.0 Å². The summed E-state index contributed by atoms with van der Waals surface area (Å²) in [7, 11) is 1.89. The number of benzene rings is 2. The van der Waals surface area contributed by atoms with Gasteiger partial charge in [0.25, 0.3) is 0 Å². The zero-order valence-electron chi connectivity index (χ0n) is 9.81. The van der Waals surface area contributed by atoms with Crippen LogP contribution >= 0.6 is 34.8 Å². The highest BCUT2D eigenvalue weighted by molar-refractivity contribution is 6.43. The predicted molar refractivity (Wildman–Crippen MR) is 79.7 cm³/mol. The molecule has 0 spiro atoms. The van der Waals surface area contributed by atoms with Crippen LogP contribution in [-0.2, 0) is 6.54 Å². The van der Waals surface area contributed by atoms with Crippen molar-refractivity contribution >= 4 is 34.8 Å². The summed E-state index contributed by atoms with van der Waals surface area (Å²) in [6.07, 6.45) is 0. The fourth-order valence-corrected chi connectivity index (χ4v) is 2.43. The maximum Gasteiger partial charge on any atom is 0.0670 e. The lowest BCUT2D eigenvalue weighted by Crippen LogP contribution is -2.05. The molecule has 0 fully saturated rings. The van der Waals surface area contributed by atoms with E-state index in [9.17, 15) is 0 Å². The van der Waals surface area contributed by atoms with Gasteiger partial charge in [0.15, 0.2) is 0 Å². The van der Waals surface area contributed by atoms with Gasteiger partial charge in [0.2, 0.25) is 0 Å². The van der Waals surface area contributed by atoms with Gasteiger partial charge in [-0.1, -0.05) is 59.1 Å². The van der Waals surface area contributed by atoms with E-state index in [1.807, 2.05) is 37.4 Å². The highest BCUT2D eigenvalue weighted by Crippen LogP contribution is 2.35. The van der Waals surface area contributed by atoms with Crippen molar-refractivity contribution in [2.45, 2.75) is 6.54 Å². The van der Waals surface area contributed by atoms with Crippen molar-refractivity contribution in [3.8, 4) is 11.1 Å². The molecule has 0 saturated carbocycles. The molecule has 0 bridgehead atoms. The highest BCUT2D eigenvalue weighted by Gasteiger charge is 2.08. The first kappa shape index (κ1) is 13.7. The molecule has 1 nitrogen and oxygen atoms in total. The van der Waals surface area contributed by atoms with Crippen LogP contribution in [0.4, 0.5) is 0 Å². The Morgan fingerprint density at radius 1 is 1.00 bits per heavy atom. The van der Waals surface area contributed by atoms with Crippen LogP contribution in [0.2, 0.25) is 15.1 Å². The van der Waals surface area contributed by atoms with Crippen LogP contribution in [0.5, 0.6) is 0 Å². The third kappa shape index (κ3) is 2.81. The molecule has 2 aromatic rings. The molecule has 0 aliphatic heterocycles. The van der Waals surface area contributed by atoms with E-state index in [-0.39, 0.29) is 0 Å². The number of rotatable bonds is 3. The molecule has 0 amide bonds. The summed E-state index contributed by atoms with van der Waals surface area (Å²) in [6, 6.07) is 11.5. The van der Waals surface area contributed by atoms with Crippen LogP contribution in [0.15, 0.2) is 36.4 Å². The molecule has 2 aromatic carbocycles. The average Bonchev–Trinajstić information content (AvgIpc) is 2.35. The van der Waals surface area contributed by atoms with Gasteiger partial charge in [-0.25, -0.2) is 0 Å². The summed E-state index contributed by atoms with van der Waals surface area (Å²) >= 11 is 18.4. The number of halogens is 3. The van der Waals surface area contributed by atoms with Crippen molar-refractivity contribution < 1.29 is 0 Å². The Labute approximate surface area is 122 Å². The predicted octanol–water partition coefficient (Wildman–Crippen LogP) is 5.03. The molecular formula is C14H12Cl3N. The molecule has 0 aromatic heterocycles. The second-order valence-electron chi connectivity index (χ2n) is 3.94. The van der Waals surface area contributed by atoms with Crippen LogP contribution in [-0.4, -0.2) is 7.05 Å². The maximum absolute atomic E-state index is 6.23. The maximum atomic E-state index is 6.23. The van der Waals surface area contributed by atoms with Crippen molar-refractivity contribution in [1.29, 1.82) is 0 Å². The second kappa shape index (κ2) is 5.94. The van der Waals surface area contributed by atoms with Crippen molar-refractivity contribution in [2.75, 3.05) is 7.05 Å². The Morgan fingerprint density at radius 3 is 2.44 bits per heavy atom. The van der Waals surface area contributed by atoms with E-state index in [0.717, 1.165) is 28.3 Å². The normalized spacial score (nSPS) is 10.7. The molecule has 18 heavy (non-hydrogen) atoms. The van der Waals surface area contributed by atoms with E-state index in [4.69, 9.17) is 34.8 Å². The molecule has 0 unspecified atom stereocenters. The van der Waals surface area contributed by atoms with Gasteiger partial charge in [-0.3, -0.25) is 0 Å². The average molecular weight is 301 g/mol. The third-order valence-corrected chi connectivity index (χ3v) is 3.85. The highest BCUT2D eigenvalue weighted by atomic mass is 35.5. The summed E-state index contributed by atoms with van der Waals surface area (Å²) in [5, 5.41) is 4.89. The fourth-order valence-electron chi connectivity index (χ4n) is 1.78. The van der Waals surface area contributed by atoms with Crippen LogP contribution in [0.1, 0.15) is 5.56 Å². The Bertz CT molecular complexity index is 567. The van der Waals surface area contributed by atoms with Crippen molar-refractivity contribution in [1.82, 2.24) is 5.32 Å². The lowest BCUT2D eigenvalue weighted by Gasteiger charge is -2.09. The Balaban J connectivity index is 2.46. The first-order valence-electron chi connectivity index (χ1n) is 5.51. The topological polar surface area (TPSA) is 12.0 Å². The molecule has 2 rings (SSSR count). The Hall–Kier alpha value is -0.730. The molecule has 1 N–H and O–H groups in total. The fraction of sp³-hybridized carbons (Fsp3) is 0.143. The molecule has 0 aliphatic rings. The number of hydrogen-bond acceptors (Lipinski definition) is 1. The standard InChI is InChI=1S/C14H12Cl3N/c1-18-8-10-6-5-9(7-13(10)16)11-3-2-4-12(15)14(11)17/h2-7,18H,8H2,1H3. The Kier molecular flexibility index (Phi) is 4.52. The van der Waals surface area contributed by atoms with Gasteiger partial charge in [-0.15, -0.1) is 0 Å². The van der Waals surface area contributed by atoms with Gasteiger partial charge in [-0.2, -0.15) is 0 Å². The van der Waals surface area contributed by atoms with Gasteiger partial charge in [0.05, 0.1) is 10.0 Å². The number of nitrogens with one attached hydrogen (secondary N) is 1. The van der Waals surface area contributed by atoms with E-state index in [2.05, 4.69) is 5.32 Å². The van der Waals surface area contributed by atoms with E-state index >= 15 is 0 Å². The van der Waals surface area contributed by atoms with E-state index in [0.29, 0.717) is 10.0 Å². The quantitative estimate of drug-likeness (QED) is 0.838. The summed E-state index contributed by atoms with van der Waals surface area (Å²) in [5.41, 5.74) is 2.91. The summed E-state index contributed by atoms with van der Waals surface area (Å²) in [5.74, 6) is 0. The summed E-state index contributed by atoms with van der Waals surface area (Å²) in [4.78, 5) is 0. The van der Waals surface area contributed by atoms with Crippen molar-refractivity contribution in [2.24, 2.45) is 0 Å². The molecule has 0 radical (unpaired) electrons. The minimum Gasteiger partial charge on any atom is -0.316 e. The molecule has 94 valence electrons. The molecule has 0 saturated heterocycles. The lowest BCUT2D eigenvalue weighted by atomic mass is 10.0. The van der Waals surface area contributed by atoms with Crippen LogP contribution in [0, 0.1) is 0 Å². The van der Waals surface area contributed by atoms with Gasteiger partial charge < -0.3 is 5.32 Å². The van der Waals surface area contributed by atoms with Crippen molar-refractivity contribution in [3.63, 3.8) is 0 Å². The SMILES string of the molecule is CNCc1ccc(-c2cccc(Cl)c2Cl)cc1Cl. The summed E-state index contributed by atoms with van der Waals surface area (Å²) in [6.45, 7) is 0.738.